The molecule has 2 heterocycles. The van der Waals surface area contributed by atoms with Crippen molar-refractivity contribution >= 4 is 34.2 Å². The summed E-state index contributed by atoms with van der Waals surface area (Å²) in [5, 5.41) is 2.27. The predicted molar refractivity (Wildman–Crippen MR) is 198 cm³/mol. The van der Waals surface area contributed by atoms with E-state index in [-0.39, 0.29) is 18.3 Å². The van der Waals surface area contributed by atoms with Crippen LogP contribution in [-0.4, -0.2) is 30.4 Å². The molecular weight excluding hydrogens is 649 g/mol. The number of nitrogens with zero attached hydrogens (tertiary/aromatic N) is 2. The first kappa shape index (κ1) is 34.5. The third kappa shape index (κ3) is 6.87. The van der Waals surface area contributed by atoms with Crippen LogP contribution >= 0.6 is 11.3 Å². The number of hydrogen-bond donors (Lipinski definition) is 0. The minimum Gasteiger partial charge on any atom is -0.493 e. The quantitative estimate of drug-likeness (QED) is 0.103. The van der Waals surface area contributed by atoms with Gasteiger partial charge in [0.1, 0.15) is 18.4 Å². The summed E-state index contributed by atoms with van der Waals surface area (Å²) >= 11 is 1.26. The normalized spacial score (nSPS) is 14.4. The van der Waals surface area contributed by atoms with Gasteiger partial charge in [-0.15, -0.1) is 6.58 Å². The minimum atomic E-state index is -0.793. The standard InChI is InChI=1S/C41H40N2O6S/c1-7-14-29-21-27(22-34(46-6)38(29)48-24-30-17-13-16-28-15-9-10-18-31(28)30)23-35-39(44)43-37(32-19-11-12-20-33(32)49-25(3)4)36(40(45)47-8-2)26(5)42-41(43)50-35/h7,9-13,15-23,25,37H,1,8,14,24H2,2-6H3/b35-23+/t37-/m1/s1. The van der Waals surface area contributed by atoms with E-state index in [1.165, 1.54) is 11.3 Å². The molecule has 0 fully saturated rings. The number of benzene rings is 4. The Hall–Kier alpha value is -5.41. The smallest absolute Gasteiger partial charge is 0.338 e. The van der Waals surface area contributed by atoms with Gasteiger partial charge in [0.25, 0.3) is 5.56 Å². The minimum absolute atomic E-state index is 0.123. The highest BCUT2D eigenvalue weighted by molar-refractivity contribution is 7.07. The first-order valence-corrected chi connectivity index (χ1v) is 17.4. The van der Waals surface area contributed by atoms with Gasteiger partial charge in [-0.1, -0.05) is 78.1 Å². The summed E-state index contributed by atoms with van der Waals surface area (Å²) in [6.07, 6.45) is 4.04. The molecule has 0 bridgehead atoms. The number of carbonyl (C=O) groups excluding carboxylic acids is 1. The van der Waals surface area contributed by atoms with Gasteiger partial charge in [0.2, 0.25) is 0 Å². The largest absolute Gasteiger partial charge is 0.493 e. The summed E-state index contributed by atoms with van der Waals surface area (Å²) < 4.78 is 25.9. The first-order valence-electron chi connectivity index (χ1n) is 16.6. The molecule has 256 valence electrons. The molecule has 1 aromatic heterocycles. The van der Waals surface area contributed by atoms with Crippen molar-refractivity contribution in [2.24, 2.45) is 4.99 Å². The van der Waals surface area contributed by atoms with E-state index in [1.807, 2.05) is 80.6 Å². The molecule has 0 radical (unpaired) electrons. The Balaban J connectivity index is 1.45. The average Bonchev–Trinajstić information content (AvgIpc) is 3.40. The highest BCUT2D eigenvalue weighted by atomic mass is 32.1. The van der Waals surface area contributed by atoms with Crippen LogP contribution in [0.25, 0.3) is 16.8 Å². The SMILES string of the molecule is C=CCc1cc(/C=c2/sc3n(c2=O)[C@H](c2ccccc2OC(C)C)C(C(=O)OCC)=C(C)N=3)cc(OC)c1OCc1cccc2ccccc12. The van der Waals surface area contributed by atoms with Crippen LogP contribution < -0.4 is 29.1 Å². The number of rotatable bonds is 12. The molecule has 0 saturated heterocycles. The summed E-state index contributed by atoms with van der Waals surface area (Å²) in [7, 11) is 1.60. The maximum atomic E-state index is 14.4. The molecule has 0 unspecified atom stereocenters. The Morgan fingerprint density at radius 1 is 1.02 bits per heavy atom. The van der Waals surface area contributed by atoms with Crippen LogP contribution in [0, 0.1) is 0 Å². The van der Waals surface area contributed by atoms with Crippen LogP contribution in [0.4, 0.5) is 0 Å². The Labute approximate surface area is 295 Å². The number of para-hydroxylation sites is 1. The molecule has 6 rings (SSSR count). The Morgan fingerprint density at radius 3 is 2.54 bits per heavy atom. The van der Waals surface area contributed by atoms with Crippen molar-refractivity contribution in [2.75, 3.05) is 13.7 Å². The summed E-state index contributed by atoms with van der Waals surface area (Å²) in [4.78, 5) is 33.0. The van der Waals surface area contributed by atoms with Crippen molar-refractivity contribution in [1.82, 2.24) is 4.57 Å². The number of allylic oxidation sites excluding steroid dienone is 2. The fraction of sp³-hybridized carbons (Fsp3) is 0.244. The lowest BCUT2D eigenvalue weighted by Gasteiger charge is -2.26. The third-order valence-corrected chi connectivity index (χ3v) is 9.36. The lowest BCUT2D eigenvalue weighted by Crippen LogP contribution is -2.40. The van der Waals surface area contributed by atoms with Crippen LogP contribution in [0.1, 0.15) is 56.0 Å². The molecule has 1 atom stereocenters. The van der Waals surface area contributed by atoms with E-state index >= 15 is 0 Å². The van der Waals surface area contributed by atoms with E-state index in [0.717, 1.165) is 27.5 Å². The predicted octanol–water partition coefficient (Wildman–Crippen LogP) is 7.05. The summed E-state index contributed by atoms with van der Waals surface area (Å²) in [6, 6.07) is 24.9. The van der Waals surface area contributed by atoms with Crippen molar-refractivity contribution in [3.05, 3.63) is 145 Å². The second-order valence-corrected chi connectivity index (χ2v) is 13.1. The molecule has 1 aliphatic rings. The molecule has 9 heteroatoms. The number of esters is 1. The summed E-state index contributed by atoms with van der Waals surface area (Å²) in [5.74, 6) is 1.22. The second kappa shape index (κ2) is 15.0. The number of carbonyl (C=O) groups is 1. The molecule has 0 N–H and O–H groups in total. The van der Waals surface area contributed by atoms with Gasteiger partial charge in [-0.05, 0) is 80.3 Å². The van der Waals surface area contributed by atoms with Crippen LogP contribution in [0.5, 0.6) is 17.2 Å². The average molecular weight is 689 g/mol. The lowest BCUT2D eigenvalue weighted by atomic mass is 9.95. The van der Waals surface area contributed by atoms with Crippen LogP contribution in [0.3, 0.4) is 0 Å². The molecule has 0 spiro atoms. The van der Waals surface area contributed by atoms with Crippen LogP contribution in [0.2, 0.25) is 0 Å². The molecule has 1 aliphatic heterocycles. The van der Waals surface area contributed by atoms with Gasteiger partial charge in [-0.3, -0.25) is 9.36 Å². The molecule has 8 nitrogen and oxygen atoms in total. The van der Waals surface area contributed by atoms with Crippen LogP contribution in [0.15, 0.2) is 113 Å². The molecular formula is C41H40N2O6S. The van der Waals surface area contributed by atoms with Gasteiger partial charge in [0.15, 0.2) is 16.3 Å². The lowest BCUT2D eigenvalue weighted by molar-refractivity contribution is -0.139. The number of aromatic nitrogens is 1. The van der Waals surface area contributed by atoms with Crippen molar-refractivity contribution < 1.29 is 23.7 Å². The van der Waals surface area contributed by atoms with Gasteiger partial charge in [0.05, 0.1) is 35.6 Å². The van der Waals surface area contributed by atoms with E-state index in [9.17, 15) is 9.59 Å². The fourth-order valence-electron chi connectivity index (χ4n) is 6.26. The second-order valence-electron chi connectivity index (χ2n) is 12.1. The zero-order chi connectivity index (χ0) is 35.4. The maximum absolute atomic E-state index is 14.4. The molecule has 5 aromatic rings. The van der Waals surface area contributed by atoms with Crippen molar-refractivity contribution in [3.8, 4) is 17.2 Å². The molecule has 50 heavy (non-hydrogen) atoms. The number of fused-ring (bicyclic) bond motifs is 2. The Bertz CT molecular complexity index is 2290. The number of hydrogen-bond acceptors (Lipinski definition) is 8. The van der Waals surface area contributed by atoms with Gasteiger partial charge in [-0.2, -0.15) is 0 Å². The molecule has 0 aliphatic carbocycles. The zero-order valence-corrected chi connectivity index (χ0v) is 29.7. The first-order chi connectivity index (χ1) is 24.2. The highest BCUT2D eigenvalue weighted by Gasteiger charge is 2.35. The summed E-state index contributed by atoms with van der Waals surface area (Å²) in [6.45, 7) is 11.9. The fourth-order valence-corrected chi connectivity index (χ4v) is 7.31. The van der Waals surface area contributed by atoms with Crippen LogP contribution in [-0.2, 0) is 22.6 Å². The van der Waals surface area contributed by atoms with Gasteiger partial charge < -0.3 is 18.9 Å². The van der Waals surface area contributed by atoms with Crippen molar-refractivity contribution in [3.63, 3.8) is 0 Å². The van der Waals surface area contributed by atoms with Crippen molar-refractivity contribution in [1.29, 1.82) is 0 Å². The zero-order valence-electron chi connectivity index (χ0n) is 28.9. The molecule has 0 saturated carbocycles. The maximum Gasteiger partial charge on any atom is 0.338 e. The van der Waals surface area contributed by atoms with E-state index in [2.05, 4.69) is 30.8 Å². The van der Waals surface area contributed by atoms with Gasteiger partial charge >= 0.3 is 5.97 Å². The van der Waals surface area contributed by atoms with Crippen molar-refractivity contribution in [2.45, 2.75) is 52.9 Å². The highest BCUT2D eigenvalue weighted by Crippen LogP contribution is 2.37. The summed E-state index contributed by atoms with van der Waals surface area (Å²) in [5.41, 5.74) is 3.87. The number of ether oxygens (including phenoxy) is 4. The number of thiazole rings is 1. The number of methoxy groups -OCH3 is 1. The van der Waals surface area contributed by atoms with Gasteiger partial charge in [0, 0.05) is 11.1 Å². The topological polar surface area (TPSA) is 88.4 Å². The molecule has 0 amide bonds. The van der Waals surface area contributed by atoms with E-state index in [1.54, 1.807) is 25.5 Å². The monoisotopic (exact) mass is 688 g/mol. The Morgan fingerprint density at radius 2 is 1.78 bits per heavy atom. The van der Waals surface area contributed by atoms with Gasteiger partial charge in [-0.25, -0.2) is 9.79 Å². The Kier molecular flexibility index (Phi) is 10.3. The van der Waals surface area contributed by atoms with E-state index in [0.29, 0.717) is 56.4 Å². The molecule has 4 aromatic carbocycles. The third-order valence-electron chi connectivity index (χ3n) is 8.38. The van der Waals surface area contributed by atoms with E-state index in [4.69, 9.17) is 23.9 Å². The van der Waals surface area contributed by atoms with E-state index < -0.39 is 12.0 Å².